The second kappa shape index (κ2) is 6.97. The zero-order valence-electron chi connectivity index (χ0n) is 10.0. The summed E-state index contributed by atoms with van der Waals surface area (Å²) in [7, 11) is 0. The molecule has 0 aliphatic rings. The van der Waals surface area contributed by atoms with E-state index < -0.39 is 24.3 Å². The van der Waals surface area contributed by atoms with Gasteiger partial charge in [-0.1, -0.05) is 12.1 Å². The van der Waals surface area contributed by atoms with E-state index in [0.717, 1.165) is 0 Å². The molecule has 0 aromatic heterocycles. The Balaban J connectivity index is 2.46. The Bertz CT molecular complexity index is 489. The summed E-state index contributed by atoms with van der Waals surface area (Å²) in [5, 5.41) is 2.72. The van der Waals surface area contributed by atoms with Crippen molar-refractivity contribution in [1.82, 2.24) is 5.48 Å². The van der Waals surface area contributed by atoms with Crippen LogP contribution >= 0.6 is 0 Å². The first-order valence-corrected chi connectivity index (χ1v) is 5.32. The summed E-state index contributed by atoms with van der Waals surface area (Å²) >= 11 is 0. The van der Waals surface area contributed by atoms with Gasteiger partial charge in [0.05, 0.1) is 12.1 Å². The molecule has 8 heteroatoms. The fraction of sp³-hybridized carbons (Fsp3) is 0.182. The summed E-state index contributed by atoms with van der Waals surface area (Å²) in [6, 6.07) is 6.49. The molecule has 0 unspecified atom stereocenters. The maximum atomic E-state index is 11.3. The van der Waals surface area contributed by atoms with Crippen LogP contribution in [-0.4, -0.2) is 30.9 Å². The Morgan fingerprint density at radius 3 is 2.47 bits per heavy atom. The van der Waals surface area contributed by atoms with Crippen molar-refractivity contribution < 1.29 is 19.2 Å². The highest BCUT2D eigenvalue weighted by Gasteiger charge is 2.08. The summed E-state index contributed by atoms with van der Waals surface area (Å²) in [4.78, 5) is 37.3. The number of hydroxylamine groups is 1. The number of rotatable bonds is 7. The number of anilines is 1. The number of para-hydroxylation sites is 1. The van der Waals surface area contributed by atoms with Crippen molar-refractivity contribution >= 4 is 23.4 Å². The van der Waals surface area contributed by atoms with Gasteiger partial charge in [-0.15, -0.1) is 0 Å². The first-order chi connectivity index (χ1) is 9.00. The molecule has 0 bridgehead atoms. The van der Waals surface area contributed by atoms with Gasteiger partial charge in [-0.05, 0) is 12.1 Å². The van der Waals surface area contributed by atoms with Gasteiger partial charge in [-0.2, -0.15) is 0 Å². The van der Waals surface area contributed by atoms with Crippen LogP contribution in [-0.2, 0) is 14.4 Å². The molecule has 1 rings (SSSR count). The molecule has 0 spiro atoms. The molecular formula is C11H14N4O4. The molecular weight excluding hydrogens is 252 g/mol. The van der Waals surface area contributed by atoms with Crippen LogP contribution in [0.25, 0.3) is 0 Å². The normalized spacial score (nSPS) is 9.68. The third kappa shape index (κ3) is 5.04. The van der Waals surface area contributed by atoms with Gasteiger partial charge in [0.2, 0.25) is 5.91 Å². The summed E-state index contributed by atoms with van der Waals surface area (Å²) < 4.78 is 0. The fourth-order valence-corrected chi connectivity index (χ4v) is 1.25. The molecule has 0 atom stereocenters. The van der Waals surface area contributed by atoms with Gasteiger partial charge >= 0.3 is 0 Å². The molecule has 102 valence electrons. The number of carbonyl (C=O) groups is 3. The summed E-state index contributed by atoms with van der Waals surface area (Å²) in [5.74, 6) is -1.83. The first-order valence-electron chi connectivity index (χ1n) is 5.32. The molecule has 19 heavy (non-hydrogen) atoms. The Kier molecular flexibility index (Phi) is 5.30. The molecule has 1 aromatic rings. The number of nitrogens with one attached hydrogen (secondary N) is 2. The number of carbonyl (C=O) groups excluding carboxylic acids is 3. The molecule has 8 nitrogen and oxygen atoms in total. The highest BCUT2D eigenvalue weighted by Crippen LogP contribution is 2.13. The molecule has 0 aliphatic carbocycles. The van der Waals surface area contributed by atoms with Crippen molar-refractivity contribution in [2.75, 3.05) is 18.5 Å². The van der Waals surface area contributed by atoms with Gasteiger partial charge in [0.15, 0.2) is 6.61 Å². The number of nitrogens with two attached hydrogens (primary N) is 2. The number of amides is 3. The van der Waals surface area contributed by atoms with Gasteiger partial charge in [-0.25, -0.2) is 5.48 Å². The minimum atomic E-state index is -0.702. The van der Waals surface area contributed by atoms with Gasteiger partial charge in [-0.3, -0.25) is 19.2 Å². The van der Waals surface area contributed by atoms with Crippen LogP contribution in [0.3, 0.4) is 0 Å². The molecule has 0 heterocycles. The van der Waals surface area contributed by atoms with E-state index in [2.05, 4.69) is 10.2 Å². The van der Waals surface area contributed by atoms with Crippen molar-refractivity contribution in [2.24, 2.45) is 11.5 Å². The average Bonchev–Trinajstić information content (AvgIpc) is 2.36. The van der Waals surface area contributed by atoms with Crippen molar-refractivity contribution in [3.8, 4) is 0 Å². The van der Waals surface area contributed by atoms with Crippen LogP contribution in [0.2, 0.25) is 0 Å². The van der Waals surface area contributed by atoms with E-state index in [0.29, 0.717) is 5.69 Å². The molecule has 0 saturated heterocycles. The first kappa shape index (κ1) is 14.5. The van der Waals surface area contributed by atoms with Gasteiger partial charge < -0.3 is 16.8 Å². The number of hydrogen-bond donors (Lipinski definition) is 4. The van der Waals surface area contributed by atoms with Crippen molar-refractivity contribution in [1.29, 1.82) is 0 Å². The highest BCUT2D eigenvalue weighted by atomic mass is 16.7. The summed E-state index contributed by atoms with van der Waals surface area (Å²) in [6.07, 6.45) is 0. The largest absolute Gasteiger partial charge is 0.375 e. The van der Waals surface area contributed by atoms with Gasteiger partial charge in [0.1, 0.15) is 0 Å². The van der Waals surface area contributed by atoms with Gasteiger partial charge in [0, 0.05) is 5.69 Å². The lowest BCUT2D eigenvalue weighted by atomic mass is 10.1. The second-order valence-electron chi connectivity index (χ2n) is 3.54. The van der Waals surface area contributed by atoms with E-state index in [4.69, 9.17) is 11.5 Å². The Morgan fingerprint density at radius 1 is 1.16 bits per heavy atom. The lowest BCUT2D eigenvalue weighted by Gasteiger charge is -2.09. The van der Waals surface area contributed by atoms with E-state index >= 15 is 0 Å². The van der Waals surface area contributed by atoms with E-state index in [1.807, 2.05) is 5.48 Å². The molecule has 1 aromatic carbocycles. The quantitative estimate of drug-likeness (QED) is 0.456. The average molecular weight is 266 g/mol. The predicted molar refractivity (Wildman–Crippen MR) is 66.7 cm³/mol. The van der Waals surface area contributed by atoms with Crippen LogP contribution < -0.4 is 22.3 Å². The molecule has 0 fully saturated rings. The van der Waals surface area contributed by atoms with Gasteiger partial charge in [0.25, 0.3) is 11.8 Å². The molecule has 0 radical (unpaired) electrons. The maximum Gasteiger partial charge on any atom is 0.262 e. The molecule has 6 N–H and O–H groups in total. The van der Waals surface area contributed by atoms with Crippen LogP contribution in [0.15, 0.2) is 24.3 Å². The summed E-state index contributed by atoms with van der Waals surface area (Å²) in [5.41, 5.74) is 12.7. The zero-order chi connectivity index (χ0) is 14.3. The lowest BCUT2D eigenvalue weighted by molar-refractivity contribution is -0.136. The molecule has 0 saturated carbocycles. The zero-order valence-corrected chi connectivity index (χ0v) is 10.0. The standard InChI is InChI=1S/C11H14N4O4/c12-9(16)6-19-15-10(17)5-14-8-4-2-1-3-7(8)11(13)18/h1-4,14H,5-6H2,(H2,12,16)(H2,13,18)(H,15,17). The second-order valence-corrected chi connectivity index (χ2v) is 3.54. The minimum absolute atomic E-state index is 0.150. The number of benzene rings is 1. The van der Waals surface area contributed by atoms with Crippen LogP contribution in [0.1, 0.15) is 10.4 Å². The SMILES string of the molecule is NC(=O)CONC(=O)CNc1ccccc1C(N)=O. The summed E-state index contributed by atoms with van der Waals surface area (Å²) in [6.45, 7) is -0.563. The van der Waals surface area contributed by atoms with Crippen molar-refractivity contribution in [3.63, 3.8) is 0 Å². The minimum Gasteiger partial charge on any atom is -0.375 e. The van der Waals surface area contributed by atoms with E-state index in [1.165, 1.54) is 6.07 Å². The number of primary amides is 2. The fourth-order valence-electron chi connectivity index (χ4n) is 1.25. The Hall–Kier alpha value is -2.61. The smallest absolute Gasteiger partial charge is 0.262 e. The maximum absolute atomic E-state index is 11.3. The van der Waals surface area contributed by atoms with E-state index in [1.54, 1.807) is 18.2 Å². The molecule has 0 aliphatic heterocycles. The lowest BCUT2D eigenvalue weighted by Crippen LogP contribution is -2.33. The van der Waals surface area contributed by atoms with Crippen LogP contribution in [0.4, 0.5) is 5.69 Å². The van der Waals surface area contributed by atoms with Crippen LogP contribution in [0.5, 0.6) is 0 Å². The molecule has 3 amide bonds. The topological polar surface area (TPSA) is 137 Å². The van der Waals surface area contributed by atoms with Crippen molar-refractivity contribution in [3.05, 3.63) is 29.8 Å². The Labute approximate surface area is 109 Å². The van der Waals surface area contributed by atoms with Crippen molar-refractivity contribution in [2.45, 2.75) is 0 Å². The predicted octanol–water partition coefficient (Wildman–Crippen LogP) is -1.27. The third-order valence-electron chi connectivity index (χ3n) is 2.03. The van der Waals surface area contributed by atoms with Crippen LogP contribution in [0, 0.1) is 0 Å². The monoisotopic (exact) mass is 266 g/mol. The Morgan fingerprint density at radius 2 is 1.84 bits per heavy atom. The van der Waals surface area contributed by atoms with E-state index in [-0.39, 0.29) is 12.1 Å². The van der Waals surface area contributed by atoms with E-state index in [9.17, 15) is 14.4 Å². The number of hydrogen-bond acceptors (Lipinski definition) is 5. The third-order valence-corrected chi connectivity index (χ3v) is 2.03. The highest BCUT2D eigenvalue weighted by molar-refractivity contribution is 5.98.